The van der Waals surface area contributed by atoms with E-state index in [9.17, 15) is 0 Å². The predicted molar refractivity (Wildman–Crippen MR) is 212 cm³/mol. The van der Waals surface area contributed by atoms with Crippen LogP contribution in [-0.4, -0.2) is 29.5 Å². The van der Waals surface area contributed by atoms with Crippen LogP contribution >= 0.6 is 11.3 Å². The maximum Gasteiger partial charge on any atom is 0.164 e. The first-order valence-corrected chi connectivity index (χ1v) is 17.9. The summed E-state index contributed by atoms with van der Waals surface area (Å²) in [5, 5.41) is 3.79. The number of hydrogen-bond acceptors (Lipinski definition) is 6. The van der Waals surface area contributed by atoms with Gasteiger partial charge in [0.25, 0.3) is 0 Å². The molecule has 5 aromatic carbocycles. The molecule has 0 saturated carbocycles. The standard InChI is InChI=1S/C45H28N6S/c1-2-6-31(7-3-1)40-28-35-16-19-39-41(42(35)52-40)37-8-4-5-9-38(37)51(39)36-17-14-33(15-18-36)44-48-43(49-45(50-44)34-22-26-47-27-23-34)32-12-10-29(11-13-32)30-20-24-46-25-21-30/h1-28H. The second kappa shape index (κ2) is 12.5. The number of hydrogen-bond donors (Lipinski definition) is 0. The van der Waals surface area contributed by atoms with Crippen molar-refractivity contribution in [1.82, 2.24) is 29.5 Å². The molecule has 5 heterocycles. The van der Waals surface area contributed by atoms with Gasteiger partial charge in [0.15, 0.2) is 17.5 Å². The van der Waals surface area contributed by atoms with E-state index in [0.717, 1.165) is 33.5 Å². The molecular weight excluding hydrogens is 657 g/mol. The molecule has 6 nitrogen and oxygen atoms in total. The lowest BCUT2D eigenvalue weighted by Crippen LogP contribution is -2.00. The number of rotatable bonds is 6. The van der Waals surface area contributed by atoms with Crippen LogP contribution in [0.25, 0.3) is 93.3 Å². The van der Waals surface area contributed by atoms with Gasteiger partial charge in [0.1, 0.15) is 0 Å². The summed E-state index contributed by atoms with van der Waals surface area (Å²) in [6.45, 7) is 0. The summed E-state index contributed by atoms with van der Waals surface area (Å²) in [6.07, 6.45) is 7.13. The molecule has 5 aromatic heterocycles. The first-order valence-electron chi connectivity index (χ1n) is 17.1. The van der Waals surface area contributed by atoms with Gasteiger partial charge in [-0.1, -0.05) is 78.9 Å². The Morgan fingerprint density at radius 3 is 1.63 bits per heavy atom. The number of pyridine rings is 2. The highest BCUT2D eigenvalue weighted by Crippen LogP contribution is 2.42. The van der Waals surface area contributed by atoms with Gasteiger partial charge in [-0.05, 0) is 88.8 Å². The third kappa shape index (κ3) is 5.23. The Morgan fingerprint density at radius 1 is 0.423 bits per heavy atom. The van der Waals surface area contributed by atoms with Crippen molar-refractivity contribution < 1.29 is 0 Å². The zero-order valence-electron chi connectivity index (χ0n) is 27.8. The molecule has 0 radical (unpaired) electrons. The van der Waals surface area contributed by atoms with Crippen molar-refractivity contribution in [1.29, 1.82) is 0 Å². The van der Waals surface area contributed by atoms with E-state index in [0.29, 0.717) is 17.5 Å². The zero-order chi connectivity index (χ0) is 34.4. The molecule has 244 valence electrons. The van der Waals surface area contributed by atoms with Crippen LogP contribution < -0.4 is 0 Å². The minimum Gasteiger partial charge on any atom is -0.309 e. The van der Waals surface area contributed by atoms with E-state index in [1.807, 2.05) is 35.6 Å². The van der Waals surface area contributed by atoms with Gasteiger partial charge >= 0.3 is 0 Å². The summed E-state index contributed by atoms with van der Waals surface area (Å²) in [5.74, 6) is 1.82. The lowest BCUT2D eigenvalue weighted by molar-refractivity contribution is 1.07. The van der Waals surface area contributed by atoms with Crippen molar-refractivity contribution in [2.45, 2.75) is 0 Å². The molecule has 52 heavy (non-hydrogen) atoms. The molecule has 10 aromatic rings. The molecule has 0 aliphatic rings. The Kier molecular flexibility index (Phi) is 7.22. The van der Waals surface area contributed by atoms with E-state index in [2.05, 4.69) is 136 Å². The van der Waals surface area contributed by atoms with Gasteiger partial charge in [-0.25, -0.2) is 15.0 Å². The normalized spacial score (nSPS) is 11.5. The maximum absolute atomic E-state index is 5.00. The molecule has 0 aliphatic carbocycles. The van der Waals surface area contributed by atoms with Gasteiger partial charge in [-0.2, -0.15) is 0 Å². The number of benzene rings is 5. The number of thiophene rings is 1. The third-order valence-electron chi connectivity index (χ3n) is 9.49. The fourth-order valence-corrected chi connectivity index (χ4v) is 8.17. The van der Waals surface area contributed by atoms with E-state index in [4.69, 9.17) is 15.0 Å². The quantitative estimate of drug-likeness (QED) is 0.174. The van der Waals surface area contributed by atoms with Crippen LogP contribution in [0.15, 0.2) is 170 Å². The minimum absolute atomic E-state index is 0.599. The van der Waals surface area contributed by atoms with Crippen LogP contribution in [0.5, 0.6) is 0 Å². The Labute approximate surface area is 303 Å². The van der Waals surface area contributed by atoms with Crippen LogP contribution in [0, 0.1) is 0 Å². The van der Waals surface area contributed by atoms with Crippen molar-refractivity contribution >= 4 is 43.2 Å². The summed E-state index contributed by atoms with van der Waals surface area (Å²) in [5.41, 5.74) is 9.58. The second-order valence-corrected chi connectivity index (χ2v) is 13.7. The smallest absolute Gasteiger partial charge is 0.164 e. The topological polar surface area (TPSA) is 69.4 Å². The van der Waals surface area contributed by atoms with E-state index in [1.54, 1.807) is 24.8 Å². The summed E-state index contributed by atoms with van der Waals surface area (Å²) in [4.78, 5) is 24.5. The van der Waals surface area contributed by atoms with Gasteiger partial charge in [-0.3, -0.25) is 9.97 Å². The number of fused-ring (bicyclic) bond motifs is 5. The van der Waals surface area contributed by atoms with Gasteiger partial charge in [0.05, 0.1) is 11.0 Å². The number of aromatic nitrogens is 6. The lowest BCUT2D eigenvalue weighted by atomic mass is 10.0. The molecule has 0 aliphatic heterocycles. The minimum atomic E-state index is 0.599. The molecule has 0 saturated heterocycles. The zero-order valence-corrected chi connectivity index (χ0v) is 28.6. The van der Waals surface area contributed by atoms with E-state index < -0.39 is 0 Å². The van der Waals surface area contributed by atoms with Crippen molar-refractivity contribution in [3.05, 3.63) is 170 Å². The van der Waals surface area contributed by atoms with Crippen molar-refractivity contribution in [3.63, 3.8) is 0 Å². The average molecular weight is 685 g/mol. The summed E-state index contributed by atoms with van der Waals surface area (Å²) < 4.78 is 3.67. The highest BCUT2D eigenvalue weighted by atomic mass is 32.1. The number of para-hydroxylation sites is 1. The summed E-state index contributed by atoms with van der Waals surface area (Å²) in [6, 6.07) is 50.8. The van der Waals surface area contributed by atoms with Gasteiger partial charge in [0, 0.05) is 67.5 Å². The molecule has 0 fully saturated rings. The molecule has 0 unspecified atom stereocenters. The second-order valence-electron chi connectivity index (χ2n) is 12.6. The van der Waals surface area contributed by atoms with Crippen molar-refractivity contribution in [2.75, 3.05) is 0 Å². The summed E-state index contributed by atoms with van der Waals surface area (Å²) >= 11 is 1.86. The number of nitrogens with zero attached hydrogens (tertiary/aromatic N) is 6. The van der Waals surface area contributed by atoms with Crippen LogP contribution in [-0.2, 0) is 0 Å². The molecular formula is C45H28N6S. The monoisotopic (exact) mass is 684 g/mol. The summed E-state index contributed by atoms with van der Waals surface area (Å²) in [7, 11) is 0. The highest BCUT2D eigenvalue weighted by molar-refractivity contribution is 7.23. The van der Waals surface area contributed by atoms with E-state index in [-0.39, 0.29) is 0 Å². The van der Waals surface area contributed by atoms with Gasteiger partial charge in [0.2, 0.25) is 0 Å². The first kappa shape index (κ1) is 30.0. The SMILES string of the molecule is c1ccc(-c2cc3ccc4c(c5ccccc5n4-c4ccc(-c5nc(-c6ccncc6)nc(-c6ccc(-c7ccncc7)cc6)n5)cc4)c3s2)cc1. The van der Waals surface area contributed by atoms with Crippen molar-refractivity contribution in [2.24, 2.45) is 0 Å². The molecule has 0 amide bonds. The molecule has 7 heteroatoms. The van der Waals surface area contributed by atoms with Crippen molar-refractivity contribution in [3.8, 4) is 61.4 Å². The molecule has 0 N–H and O–H groups in total. The third-order valence-corrected chi connectivity index (χ3v) is 10.7. The highest BCUT2D eigenvalue weighted by Gasteiger charge is 2.18. The fraction of sp³-hybridized carbons (Fsp3) is 0. The molecule has 0 spiro atoms. The van der Waals surface area contributed by atoms with Crippen LogP contribution in [0.4, 0.5) is 0 Å². The van der Waals surface area contributed by atoms with Crippen LogP contribution in [0.1, 0.15) is 0 Å². The Hall–Kier alpha value is -6.83. The maximum atomic E-state index is 5.00. The molecule has 10 rings (SSSR count). The fourth-order valence-electron chi connectivity index (χ4n) is 6.95. The molecule has 0 atom stereocenters. The Bertz CT molecular complexity index is 2870. The van der Waals surface area contributed by atoms with Crippen LogP contribution in [0.2, 0.25) is 0 Å². The Morgan fingerprint density at radius 2 is 0.962 bits per heavy atom. The van der Waals surface area contributed by atoms with Gasteiger partial charge < -0.3 is 4.57 Å². The lowest BCUT2D eigenvalue weighted by Gasteiger charge is -2.11. The Balaban J connectivity index is 1.07. The largest absolute Gasteiger partial charge is 0.309 e. The van der Waals surface area contributed by atoms with Gasteiger partial charge in [-0.15, -0.1) is 11.3 Å². The molecule has 0 bridgehead atoms. The van der Waals surface area contributed by atoms with E-state index >= 15 is 0 Å². The van der Waals surface area contributed by atoms with E-state index in [1.165, 1.54) is 42.3 Å². The van der Waals surface area contributed by atoms with Crippen LogP contribution in [0.3, 0.4) is 0 Å². The first-order chi connectivity index (χ1) is 25.8. The predicted octanol–water partition coefficient (Wildman–Crippen LogP) is 11.3. The average Bonchev–Trinajstić information content (AvgIpc) is 3.82.